The van der Waals surface area contributed by atoms with Crippen molar-refractivity contribution in [3.8, 4) is 0 Å². The molecular weight excluding hydrogens is 280 g/mol. The third-order valence-electron chi connectivity index (χ3n) is 3.48. The van der Waals surface area contributed by atoms with Crippen LogP contribution in [0.15, 0.2) is 12.2 Å². The zero-order valence-corrected chi connectivity index (χ0v) is 14.7. The van der Waals surface area contributed by atoms with Gasteiger partial charge < -0.3 is 9.47 Å². The molecule has 0 aromatic heterocycles. The van der Waals surface area contributed by atoms with E-state index in [-0.39, 0.29) is 17.8 Å². The molecule has 0 aromatic carbocycles. The number of carbonyl (C=O) groups excluding carboxylic acids is 2. The Balaban J connectivity index is 4.51. The Morgan fingerprint density at radius 3 is 1.23 bits per heavy atom. The van der Waals surface area contributed by atoms with E-state index in [0.717, 1.165) is 51.4 Å². The van der Waals surface area contributed by atoms with Gasteiger partial charge in [-0.2, -0.15) is 0 Å². The lowest BCUT2D eigenvalue weighted by Crippen LogP contribution is -2.26. The van der Waals surface area contributed by atoms with Crippen LogP contribution in [0, 0.1) is 0 Å². The third kappa shape index (κ3) is 8.20. The summed E-state index contributed by atoms with van der Waals surface area (Å²) in [5, 5.41) is 0. The van der Waals surface area contributed by atoms with Gasteiger partial charge in [0.15, 0.2) is 0 Å². The van der Waals surface area contributed by atoms with Gasteiger partial charge in [0.25, 0.3) is 0 Å². The Labute approximate surface area is 135 Å². The first kappa shape index (κ1) is 20.7. The standard InChI is InChI=1S/C18H32O4/c1-6-10-15(11-7-2)21-17(19)14(5)18(20)22-16(12-8-3)13-9-4/h15-16H,5-13H2,1-4H3. The molecule has 0 rings (SSSR count). The van der Waals surface area contributed by atoms with Gasteiger partial charge >= 0.3 is 11.9 Å². The molecule has 0 radical (unpaired) electrons. The summed E-state index contributed by atoms with van der Waals surface area (Å²) in [5.74, 6) is -1.30. The molecule has 128 valence electrons. The minimum Gasteiger partial charge on any atom is -0.459 e. The first-order chi connectivity index (χ1) is 10.5. The molecule has 0 saturated carbocycles. The Hall–Kier alpha value is -1.32. The molecule has 4 heteroatoms. The van der Waals surface area contributed by atoms with Gasteiger partial charge in [0.2, 0.25) is 0 Å². The van der Waals surface area contributed by atoms with E-state index < -0.39 is 11.9 Å². The normalized spacial score (nSPS) is 10.8. The van der Waals surface area contributed by atoms with Gasteiger partial charge in [-0.15, -0.1) is 0 Å². The zero-order valence-electron chi connectivity index (χ0n) is 14.7. The minimum absolute atomic E-state index is 0.144. The van der Waals surface area contributed by atoms with Crippen molar-refractivity contribution in [3.05, 3.63) is 12.2 Å². The van der Waals surface area contributed by atoms with Crippen molar-refractivity contribution >= 4 is 11.9 Å². The van der Waals surface area contributed by atoms with Crippen LogP contribution >= 0.6 is 0 Å². The van der Waals surface area contributed by atoms with E-state index in [4.69, 9.17) is 9.47 Å². The average Bonchev–Trinajstić information content (AvgIpc) is 2.47. The summed E-state index contributed by atoms with van der Waals surface area (Å²) in [6.07, 6.45) is 6.66. The third-order valence-corrected chi connectivity index (χ3v) is 3.48. The summed E-state index contributed by atoms with van der Waals surface area (Å²) in [7, 11) is 0. The fraction of sp³-hybridized carbons (Fsp3) is 0.778. The van der Waals surface area contributed by atoms with E-state index >= 15 is 0 Å². The van der Waals surface area contributed by atoms with Crippen LogP contribution in [0.25, 0.3) is 0 Å². The van der Waals surface area contributed by atoms with Crippen molar-refractivity contribution in [1.29, 1.82) is 0 Å². The highest BCUT2D eigenvalue weighted by molar-refractivity contribution is 6.13. The molecule has 0 unspecified atom stereocenters. The van der Waals surface area contributed by atoms with Crippen molar-refractivity contribution in [3.63, 3.8) is 0 Å². The Kier molecular flexibility index (Phi) is 11.5. The number of carbonyl (C=O) groups is 2. The van der Waals surface area contributed by atoms with Crippen LogP contribution in [0.2, 0.25) is 0 Å². The SMILES string of the molecule is C=C(C(=O)OC(CCC)CCC)C(=O)OC(CCC)CCC. The van der Waals surface area contributed by atoms with Crippen LogP contribution < -0.4 is 0 Å². The summed E-state index contributed by atoms with van der Waals surface area (Å²) >= 11 is 0. The van der Waals surface area contributed by atoms with Crippen LogP contribution in [0.3, 0.4) is 0 Å². The van der Waals surface area contributed by atoms with E-state index in [0.29, 0.717) is 0 Å². The largest absolute Gasteiger partial charge is 0.459 e. The van der Waals surface area contributed by atoms with Crippen LogP contribution in [0.1, 0.15) is 79.1 Å². The van der Waals surface area contributed by atoms with Gasteiger partial charge in [-0.05, 0) is 25.7 Å². The molecule has 0 saturated heterocycles. The highest BCUT2D eigenvalue weighted by atomic mass is 16.6. The van der Waals surface area contributed by atoms with Gasteiger partial charge in [-0.25, -0.2) is 9.59 Å². The maximum atomic E-state index is 12.0. The molecule has 0 bridgehead atoms. The smallest absolute Gasteiger partial charge is 0.345 e. The fourth-order valence-electron chi connectivity index (χ4n) is 2.34. The molecule has 22 heavy (non-hydrogen) atoms. The number of hydrogen-bond acceptors (Lipinski definition) is 4. The molecule has 0 amide bonds. The second-order valence-corrected chi connectivity index (χ2v) is 5.69. The minimum atomic E-state index is -0.649. The monoisotopic (exact) mass is 312 g/mol. The van der Waals surface area contributed by atoms with E-state index in [1.807, 2.05) is 27.7 Å². The summed E-state index contributed by atoms with van der Waals surface area (Å²) in [5.41, 5.74) is -0.200. The Morgan fingerprint density at radius 2 is 1.00 bits per heavy atom. The maximum Gasteiger partial charge on any atom is 0.345 e. The number of hydrogen-bond donors (Lipinski definition) is 0. The first-order valence-electron chi connectivity index (χ1n) is 8.60. The van der Waals surface area contributed by atoms with E-state index in [2.05, 4.69) is 6.58 Å². The second-order valence-electron chi connectivity index (χ2n) is 5.69. The maximum absolute atomic E-state index is 12.0. The predicted molar refractivity (Wildman–Crippen MR) is 88.5 cm³/mol. The molecular formula is C18H32O4. The van der Waals surface area contributed by atoms with E-state index in [1.54, 1.807) is 0 Å². The number of rotatable bonds is 12. The molecule has 0 aromatic rings. The Bertz CT molecular complexity index is 305. The van der Waals surface area contributed by atoms with Gasteiger partial charge in [0.1, 0.15) is 17.8 Å². The van der Waals surface area contributed by atoms with Crippen molar-refractivity contribution in [2.75, 3.05) is 0 Å². The topological polar surface area (TPSA) is 52.6 Å². The lowest BCUT2D eigenvalue weighted by Gasteiger charge is -2.19. The lowest BCUT2D eigenvalue weighted by molar-refractivity contribution is -0.153. The molecule has 4 nitrogen and oxygen atoms in total. The van der Waals surface area contributed by atoms with Crippen LogP contribution in [-0.2, 0) is 19.1 Å². The van der Waals surface area contributed by atoms with Crippen molar-refractivity contribution in [1.82, 2.24) is 0 Å². The molecule has 0 fully saturated rings. The van der Waals surface area contributed by atoms with Crippen LogP contribution in [0.4, 0.5) is 0 Å². The second kappa shape index (κ2) is 12.2. The zero-order chi connectivity index (χ0) is 17.0. The molecule has 0 aliphatic heterocycles. The van der Waals surface area contributed by atoms with Crippen molar-refractivity contribution < 1.29 is 19.1 Å². The summed E-state index contributed by atoms with van der Waals surface area (Å²) in [6.45, 7) is 11.7. The van der Waals surface area contributed by atoms with Crippen molar-refractivity contribution in [2.45, 2.75) is 91.3 Å². The number of esters is 2. The van der Waals surface area contributed by atoms with Gasteiger partial charge in [-0.1, -0.05) is 60.0 Å². The highest BCUT2D eigenvalue weighted by Crippen LogP contribution is 2.15. The molecule has 0 spiro atoms. The van der Waals surface area contributed by atoms with Gasteiger partial charge in [0, 0.05) is 0 Å². The van der Waals surface area contributed by atoms with Crippen molar-refractivity contribution in [2.24, 2.45) is 0 Å². The number of ether oxygens (including phenoxy) is 2. The average molecular weight is 312 g/mol. The van der Waals surface area contributed by atoms with Crippen LogP contribution in [-0.4, -0.2) is 24.1 Å². The summed E-state index contributed by atoms with van der Waals surface area (Å²) < 4.78 is 10.8. The lowest BCUT2D eigenvalue weighted by atomic mass is 10.1. The summed E-state index contributed by atoms with van der Waals surface area (Å²) in [6, 6.07) is 0. The first-order valence-corrected chi connectivity index (χ1v) is 8.60. The van der Waals surface area contributed by atoms with Crippen LogP contribution in [0.5, 0.6) is 0 Å². The fourth-order valence-corrected chi connectivity index (χ4v) is 2.34. The van der Waals surface area contributed by atoms with E-state index in [9.17, 15) is 9.59 Å². The molecule has 0 atom stereocenters. The van der Waals surface area contributed by atoms with E-state index in [1.165, 1.54) is 0 Å². The van der Waals surface area contributed by atoms with Gasteiger partial charge in [-0.3, -0.25) is 0 Å². The Morgan fingerprint density at radius 1 is 0.727 bits per heavy atom. The molecule has 0 N–H and O–H groups in total. The quantitative estimate of drug-likeness (QED) is 0.229. The predicted octanol–water partition coefficient (Wildman–Crippen LogP) is 4.57. The summed E-state index contributed by atoms with van der Waals surface area (Å²) in [4.78, 5) is 24.0. The molecule has 0 aliphatic carbocycles. The van der Waals surface area contributed by atoms with Gasteiger partial charge in [0.05, 0.1) is 0 Å². The highest BCUT2D eigenvalue weighted by Gasteiger charge is 2.24. The molecule has 0 aliphatic rings. The molecule has 0 heterocycles.